The van der Waals surface area contributed by atoms with E-state index in [4.69, 9.17) is 10.9 Å². The number of alkyl halides is 2. The first-order valence-electron chi connectivity index (χ1n) is 5.04. The lowest BCUT2D eigenvalue weighted by Crippen LogP contribution is -2.38. The highest BCUT2D eigenvalue weighted by Crippen LogP contribution is 2.28. The van der Waals surface area contributed by atoms with E-state index in [0.717, 1.165) is 0 Å². The molecule has 0 unspecified atom stereocenters. The van der Waals surface area contributed by atoms with E-state index in [2.05, 4.69) is 5.16 Å². The van der Waals surface area contributed by atoms with E-state index in [1.54, 1.807) is 18.2 Å². The Hall–Kier alpha value is -1.69. The Morgan fingerprint density at radius 2 is 2.00 bits per heavy atom. The summed E-state index contributed by atoms with van der Waals surface area (Å²) in [6.45, 7) is -0.508. The molecule has 0 aromatic heterocycles. The maximum absolute atomic E-state index is 13.8. The third-order valence-corrected chi connectivity index (χ3v) is 2.22. The Morgan fingerprint density at radius 1 is 1.41 bits per heavy atom. The highest BCUT2D eigenvalue weighted by atomic mass is 19.3. The number of amidine groups is 1. The molecule has 3 N–H and O–H groups in total. The Bertz CT molecular complexity index is 382. The van der Waals surface area contributed by atoms with Gasteiger partial charge in [0.15, 0.2) is 5.84 Å². The fraction of sp³-hybridized carbons (Fsp3) is 0.364. The largest absolute Gasteiger partial charge is 0.409 e. The zero-order chi connectivity index (χ0) is 12.9. The minimum Gasteiger partial charge on any atom is -0.409 e. The van der Waals surface area contributed by atoms with Crippen molar-refractivity contribution in [2.75, 3.05) is 20.1 Å². The van der Waals surface area contributed by atoms with E-state index in [-0.39, 0.29) is 17.9 Å². The lowest BCUT2D eigenvalue weighted by Gasteiger charge is -2.23. The van der Waals surface area contributed by atoms with E-state index in [9.17, 15) is 8.78 Å². The van der Waals surface area contributed by atoms with Crippen molar-refractivity contribution in [3.63, 3.8) is 0 Å². The van der Waals surface area contributed by atoms with Gasteiger partial charge in [0.25, 0.3) is 5.92 Å². The van der Waals surface area contributed by atoms with E-state index in [0.29, 0.717) is 0 Å². The zero-order valence-corrected chi connectivity index (χ0v) is 9.48. The van der Waals surface area contributed by atoms with Crippen LogP contribution in [-0.2, 0) is 5.92 Å². The number of halogens is 2. The van der Waals surface area contributed by atoms with Crippen molar-refractivity contribution in [1.29, 1.82) is 0 Å². The topological polar surface area (TPSA) is 61.8 Å². The number of hydrogen-bond acceptors (Lipinski definition) is 3. The van der Waals surface area contributed by atoms with Gasteiger partial charge in [-0.05, 0) is 7.05 Å². The lowest BCUT2D eigenvalue weighted by molar-refractivity contribution is -0.0292. The first-order chi connectivity index (χ1) is 7.95. The Morgan fingerprint density at radius 3 is 2.53 bits per heavy atom. The molecule has 0 aliphatic rings. The third kappa shape index (κ3) is 3.99. The maximum atomic E-state index is 13.8. The van der Waals surface area contributed by atoms with E-state index >= 15 is 0 Å². The first kappa shape index (κ1) is 13.4. The summed E-state index contributed by atoms with van der Waals surface area (Å²) in [5, 5.41) is 11.1. The summed E-state index contributed by atoms with van der Waals surface area (Å²) >= 11 is 0. The van der Waals surface area contributed by atoms with Crippen LogP contribution in [0, 0.1) is 0 Å². The molecule has 0 saturated heterocycles. The van der Waals surface area contributed by atoms with Crippen LogP contribution in [0.2, 0.25) is 0 Å². The van der Waals surface area contributed by atoms with Crippen LogP contribution in [0.5, 0.6) is 0 Å². The Kier molecular flexibility index (Phi) is 4.39. The van der Waals surface area contributed by atoms with E-state index in [1.807, 2.05) is 0 Å². The highest BCUT2D eigenvalue weighted by molar-refractivity contribution is 5.81. The van der Waals surface area contributed by atoms with Crippen molar-refractivity contribution < 1.29 is 14.0 Å². The summed E-state index contributed by atoms with van der Waals surface area (Å²) in [5.74, 6) is -3.07. The second kappa shape index (κ2) is 5.58. The summed E-state index contributed by atoms with van der Waals surface area (Å²) < 4.78 is 27.6. The quantitative estimate of drug-likeness (QED) is 0.356. The lowest BCUT2D eigenvalue weighted by atomic mass is 10.1. The van der Waals surface area contributed by atoms with Crippen LogP contribution in [0.15, 0.2) is 35.5 Å². The molecule has 0 amide bonds. The molecular weight excluding hydrogens is 228 g/mol. The fourth-order valence-corrected chi connectivity index (χ4v) is 1.48. The molecule has 1 aromatic carbocycles. The van der Waals surface area contributed by atoms with Crippen molar-refractivity contribution in [3.8, 4) is 0 Å². The number of oxime groups is 1. The molecule has 1 rings (SSSR count). The monoisotopic (exact) mass is 243 g/mol. The van der Waals surface area contributed by atoms with Crippen molar-refractivity contribution in [3.05, 3.63) is 35.9 Å². The van der Waals surface area contributed by atoms with Gasteiger partial charge < -0.3 is 10.9 Å². The van der Waals surface area contributed by atoms with Crippen molar-refractivity contribution in [2.45, 2.75) is 5.92 Å². The first-order valence-corrected chi connectivity index (χ1v) is 5.04. The highest BCUT2D eigenvalue weighted by Gasteiger charge is 2.32. The molecule has 17 heavy (non-hydrogen) atoms. The average Bonchev–Trinajstić information content (AvgIpc) is 2.29. The molecule has 0 bridgehead atoms. The zero-order valence-electron chi connectivity index (χ0n) is 9.48. The molecule has 6 heteroatoms. The van der Waals surface area contributed by atoms with Gasteiger partial charge in [-0.1, -0.05) is 35.5 Å². The normalized spacial score (nSPS) is 13.1. The summed E-state index contributed by atoms with van der Waals surface area (Å²) in [6.07, 6.45) is 0. The van der Waals surface area contributed by atoms with Crippen LogP contribution >= 0.6 is 0 Å². The van der Waals surface area contributed by atoms with Gasteiger partial charge in [-0.25, -0.2) is 0 Å². The predicted molar refractivity (Wildman–Crippen MR) is 61.2 cm³/mol. The molecule has 0 saturated carbocycles. The van der Waals surface area contributed by atoms with Gasteiger partial charge in [-0.2, -0.15) is 8.78 Å². The molecule has 94 valence electrons. The summed E-state index contributed by atoms with van der Waals surface area (Å²) in [6, 6.07) is 7.55. The maximum Gasteiger partial charge on any atom is 0.285 e. The van der Waals surface area contributed by atoms with E-state index < -0.39 is 12.5 Å². The molecule has 0 aliphatic carbocycles. The molecule has 0 atom stereocenters. The van der Waals surface area contributed by atoms with Gasteiger partial charge in [0.05, 0.1) is 13.1 Å². The van der Waals surface area contributed by atoms with Crippen LogP contribution in [0.1, 0.15) is 5.56 Å². The number of likely N-dealkylation sites (N-methyl/N-ethyl adjacent to an activating group) is 1. The molecule has 1 aromatic rings. The standard InChI is InChI=1S/C11H15F2N3O/c1-16(7-10(14)15-17)8-11(12,13)9-5-3-2-4-6-9/h2-6,17H,7-8H2,1H3,(H2,14,15). The number of hydrogen-bond donors (Lipinski definition) is 2. The second-order valence-corrected chi connectivity index (χ2v) is 3.83. The molecule has 0 heterocycles. The second-order valence-electron chi connectivity index (χ2n) is 3.83. The van der Waals surface area contributed by atoms with Gasteiger partial charge in [0.1, 0.15) is 0 Å². The summed E-state index contributed by atoms with van der Waals surface area (Å²) in [4.78, 5) is 1.29. The Labute approximate surface area is 98.3 Å². The van der Waals surface area contributed by atoms with Crippen LogP contribution in [-0.4, -0.2) is 36.1 Å². The summed E-state index contributed by atoms with van der Waals surface area (Å²) in [5.41, 5.74) is 5.20. The minimum absolute atomic E-state index is 0.0150. The number of benzene rings is 1. The number of rotatable bonds is 5. The molecule has 0 spiro atoms. The summed E-state index contributed by atoms with van der Waals surface area (Å²) in [7, 11) is 1.48. The smallest absolute Gasteiger partial charge is 0.285 e. The van der Waals surface area contributed by atoms with E-state index in [1.165, 1.54) is 24.1 Å². The molecule has 0 radical (unpaired) electrons. The number of nitrogens with two attached hydrogens (primary N) is 1. The van der Waals surface area contributed by atoms with Crippen molar-refractivity contribution in [2.24, 2.45) is 10.9 Å². The molecule has 0 aliphatic heterocycles. The molecular formula is C11H15F2N3O. The van der Waals surface area contributed by atoms with Crippen molar-refractivity contribution >= 4 is 5.84 Å². The SMILES string of the molecule is CN(C/C(N)=N/O)CC(F)(F)c1ccccc1. The van der Waals surface area contributed by atoms with Crippen molar-refractivity contribution in [1.82, 2.24) is 4.90 Å². The fourth-order valence-electron chi connectivity index (χ4n) is 1.48. The van der Waals surface area contributed by atoms with Crippen LogP contribution in [0.25, 0.3) is 0 Å². The van der Waals surface area contributed by atoms with Crippen LogP contribution in [0.4, 0.5) is 8.78 Å². The van der Waals surface area contributed by atoms with Crippen LogP contribution < -0.4 is 5.73 Å². The predicted octanol–water partition coefficient (Wildman–Crippen LogP) is 1.46. The number of nitrogens with zero attached hydrogens (tertiary/aromatic N) is 2. The van der Waals surface area contributed by atoms with Gasteiger partial charge >= 0.3 is 0 Å². The third-order valence-electron chi connectivity index (χ3n) is 2.22. The molecule has 0 fully saturated rings. The molecule has 4 nitrogen and oxygen atoms in total. The van der Waals surface area contributed by atoms with Gasteiger partial charge in [0.2, 0.25) is 0 Å². The Balaban J connectivity index is 2.67. The van der Waals surface area contributed by atoms with Gasteiger partial charge in [-0.15, -0.1) is 0 Å². The van der Waals surface area contributed by atoms with Crippen LogP contribution in [0.3, 0.4) is 0 Å². The van der Waals surface area contributed by atoms with Gasteiger partial charge in [-0.3, -0.25) is 4.90 Å². The van der Waals surface area contributed by atoms with Gasteiger partial charge in [0, 0.05) is 5.56 Å². The average molecular weight is 243 g/mol. The minimum atomic E-state index is -2.97.